The van der Waals surface area contributed by atoms with Gasteiger partial charge in [-0.1, -0.05) is 36.4 Å². The van der Waals surface area contributed by atoms with Crippen LogP contribution < -0.4 is 9.64 Å². The molecule has 4 rings (SSSR count). The van der Waals surface area contributed by atoms with E-state index in [4.69, 9.17) is 4.74 Å². The summed E-state index contributed by atoms with van der Waals surface area (Å²) in [7, 11) is 1.63. The third-order valence-corrected chi connectivity index (χ3v) is 4.76. The minimum atomic E-state index is -0.119. The first kappa shape index (κ1) is 17.8. The molecule has 0 saturated carbocycles. The summed E-state index contributed by atoms with van der Waals surface area (Å²) in [6.45, 7) is 2.53. The molecule has 28 heavy (non-hydrogen) atoms. The molecule has 0 aliphatic heterocycles. The average molecular weight is 371 g/mol. The highest BCUT2D eigenvalue weighted by atomic mass is 16.5. The molecule has 0 fully saturated rings. The highest BCUT2D eigenvalue weighted by Crippen LogP contribution is 2.27. The Bertz CT molecular complexity index is 1110. The summed E-state index contributed by atoms with van der Waals surface area (Å²) in [5, 5.41) is 6.65. The summed E-state index contributed by atoms with van der Waals surface area (Å²) in [6.07, 6.45) is 1.80. The van der Waals surface area contributed by atoms with Gasteiger partial charge < -0.3 is 9.64 Å². The summed E-state index contributed by atoms with van der Waals surface area (Å²) in [5.41, 5.74) is 2.17. The van der Waals surface area contributed by atoms with E-state index in [9.17, 15) is 4.79 Å². The zero-order valence-corrected chi connectivity index (χ0v) is 15.9. The average Bonchev–Trinajstić information content (AvgIpc) is 3.25. The van der Waals surface area contributed by atoms with E-state index in [1.54, 1.807) is 29.0 Å². The maximum Gasteiger partial charge on any atom is 0.278 e. The lowest BCUT2D eigenvalue weighted by atomic mass is 10.1. The maximum absolute atomic E-state index is 13.2. The predicted octanol–water partition coefficient (Wildman–Crippen LogP) is 4.70. The topological polar surface area (TPSA) is 47.4 Å². The van der Waals surface area contributed by atoms with Crippen molar-refractivity contribution in [3.8, 4) is 11.4 Å². The van der Waals surface area contributed by atoms with Crippen molar-refractivity contribution in [2.24, 2.45) is 0 Å². The second-order valence-corrected chi connectivity index (χ2v) is 6.39. The number of methoxy groups -OCH3 is 1. The number of ether oxygens (including phenoxy) is 1. The van der Waals surface area contributed by atoms with Crippen LogP contribution in [0.4, 0.5) is 5.69 Å². The molecule has 140 valence electrons. The number of hydrogen-bond acceptors (Lipinski definition) is 3. The zero-order valence-electron chi connectivity index (χ0n) is 15.9. The standard InChI is InChI=1S/C23H21N3O2/c1-3-25(22-10-6-8-17-7-4-5-9-20(17)22)23(27)21-15-16-26(24-21)18-11-13-19(28-2)14-12-18/h4-16H,3H2,1-2H3. The molecule has 0 saturated heterocycles. The molecule has 4 aromatic rings. The Labute approximate surface area is 163 Å². The minimum absolute atomic E-state index is 0.119. The number of nitrogens with zero attached hydrogens (tertiary/aromatic N) is 3. The van der Waals surface area contributed by atoms with E-state index < -0.39 is 0 Å². The zero-order chi connectivity index (χ0) is 19.5. The van der Waals surface area contributed by atoms with E-state index in [0.29, 0.717) is 12.2 Å². The van der Waals surface area contributed by atoms with Gasteiger partial charge >= 0.3 is 0 Å². The van der Waals surface area contributed by atoms with Gasteiger partial charge in [-0.3, -0.25) is 4.79 Å². The van der Waals surface area contributed by atoms with E-state index >= 15 is 0 Å². The Kier molecular flexibility index (Phi) is 4.81. The van der Waals surface area contributed by atoms with Gasteiger partial charge in [-0.2, -0.15) is 5.10 Å². The predicted molar refractivity (Wildman–Crippen MR) is 111 cm³/mol. The van der Waals surface area contributed by atoms with Crippen molar-refractivity contribution in [2.75, 3.05) is 18.6 Å². The maximum atomic E-state index is 13.2. The third-order valence-electron chi connectivity index (χ3n) is 4.76. The van der Waals surface area contributed by atoms with Crippen LogP contribution in [-0.2, 0) is 0 Å². The first-order valence-corrected chi connectivity index (χ1v) is 9.21. The third kappa shape index (κ3) is 3.22. The molecule has 0 aliphatic carbocycles. The molecule has 5 nitrogen and oxygen atoms in total. The Hall–Kier alpha value is -3.60. The molecular formula is C23H21N3O2. The molecular weight excluding hydrogens is 350 g/mol. The van der Waals surface area contributed by atoms with Crippen LogP contribution in [0, 0.1) is 0 Å². The molecule has 0 atom stereocenters. The van der Waals surface area contributed by atoms with Crippen LogP contribution in [0.2, 0.25) is 0 Å². The highest BCUT2D eigenvalue weighted by molar-refractivity contribution is 6.09. The second-order valence-electron chi connectivity index (χ2n) is 6.39. The van der Waals surface area contributed by atoms with Gasteiger partial charge in [0.1, 0.15) is 5.75 Å². The molecule has 5 heteroatoms. The number of anilines is 1. The molecule has 0 N–H and O–H groups in total. The van der Waals surface area contributed by atoms with E-state index in [1.807, 2.05) is 61.5 Å². The summed E-state index contributed by atoms with van der Waals surface area (Å²) < 4.78 is 6.89. The number of aromatic nitrogens is 2. The smallest absolute Gasteiger partial charge is 0.278 e. The van der Waals surface area contributed by atoms with Crippen molar-refractivity contribution >= 4 is 22.4 Å². The van der Waals surface area contributed by atoms with Gasteiger partial charge in [-0.05, 0) is 48.7 Å². The molecule has 0 radical (unpaired) electrons. The van der Waals surface area contributed by atoms with Crippen LogP contribution in [0.3, 0.4) is 0 Å². The van der Waals surface area contributed by atoms with E-state index in [2.05, 4.69) is 17.2 Å². The highest BCUT2D eigenvalue weighted by Gasteiger charge is 2.20. The lowest BCUT2D eigenvalue weighted by Gasteiger charge is -2.22. The summed E-state index contributed by atoms with van der Waals surface area (Å²) in [5.74, 6) is 0.659. The van der Waals surface area contributed by atoms with Gasteiger partial charge in [0.25, 0.3) is 5.91 Å². The van der Waals surface area contributed by atoms with Gasteiger partial charge in [0.15, 0.2) is 5.69 Å². The fourth-order valence-electron chi connectivity index (χ4n) is 3.32. The summed E-state index contributed by atoms with van der Waals surface area (Å²) >= 11 is 0. The summed E-state index contributed by atoms with van der Waals surface area (Å²) in [6, 6.07) is 23.4. The molecule has 0 aliphatic rings. The first-order valence-electron chi connectivity index (χ1n) is 9.21. The van der Waals surface area contributed by atoms with E-state index in [-0.39, 0.29) is 5.91 Å². The number of hydrogen-bond donors (Lipinski definition) is 0. The van der Waals surface area contributed by atoms with Crippen LogP contribution in [-0.4, -0.2) is 29.3 Å². The molecule has 3 aromatic carbocycles. The van der Waals surface area contributed by atoms with Crippen molar-refractivity contribution in [1.82, 2.24) is 9.78 Å². The number of benzene rings is 3. The normalized spacial score (nSPS) is 10.8. The molecule has 1 amide bonds. The Morgan fingerprint density at radius 3 is 2.50 bits per heavy atom. The Balaban J connectivity index is 1.67. The van der Waals surface area contributed by atoms with E-state index in [1.165, 1.54) is 0 Å². The van der Waals surface area contributed by atoms with Gasteiger partial charge in [-0.15, -0.1) is 0 Å². The SMILES string of the molecule is CCN(C(=O)c1ccn(-c2ccc(OC)cc2)n1)c1cccc2ccccc12. The van der Waals surface area contributed by atoms with Crippen LogP contribution in [0.5, 0.6) is 5.75 Å². The monoisotopic (exact) mass is 371 g/mol. The largest absolute Gasteiger partial charge is 0.497 e. The van der Waals surface area contributed by atoms with Crippen molar-refractivity contribution in [1.29, 1.82) is 0 Å². The van der Waals surface area contributed by atoms with Crippen LogP contribution >= 0.6 is 0 Å². The number of amides is 1. The molecule has 0 unspecified atom stereocenters. The Morgan fingerprint density at radius 2 is 1.75 bits per heavy atom. The lowest BCUT2D eigenvalue weighted by Crippen LogP contribution is -2.31. The van der Waals surface area contributed by atoms with Crippen molar-refractivity contribution in [3.63, 3.8) is 0 Å². The quantitative estimate of drug-likeness (QED) is 0.511. The Morgan fingerprint density at radius 1 is 1.00 bits per heavy atom. The molecule has 0 spiro atoms. The van der Waals surface area contributed by atoms with Crippen molar-refractivity contribution < 1.29 is 9.53 Å². The first-order chi connectivity index (χ1) is 13.7. The summed E-state index contributed by atoms with van der Waals surface area (Å²) in [4.78, 5) is 15.0. The van der Waals surface area contributed by atoms with Crippen molar-refractivity contribution in [3.05, 3.63) is 84.7 Å². The second kappa shape index (κ2) is 7.56. The molecule has 1 aromatic heterocycles. The lowest BCUT2D eigenvalue weighted by molar-refractivity contribution is 0.0983. The number of carbonyl (C=O) groups excluding carboxylic acids is 1. The van der Waals surface area contributed by atoms with Crippen LogP contribution in [0.1, 0.15) is 17.4 Å². The van der Waals surface area contributed by atoms with E-state index in [0.717, 1.165) is 27.9 Å². The van der Waals surface area contributed by atoms with Gasteiger partial charge in [0, 0.05) is 18.1 Å². The van der Waals surface area contributed by atoms with Crippen molar-refractivity contribution in [2.45, 2.75) is 6.92 Å². The van der Waals surface area contributed by atoms with Crippen LogP contribution in [0.15, 0.2) is 79.0 Å². The molecule has 1 heterocycles. The number of rotatable bonds is 5. The minimum Gasteiger partial charge on any atom is -0.497 e. The van der Waals surface area contributed by atoms with Crippen LogP contribution in [0.25, 0.3) is 16.5 Å². The van der Waals surface area contributed by atoms with Gasteiger partial charge in [0.2, 0.25) is 0 Å². The molecule has 0 bridgehead atoms. The fourth-order valence-corrected chi connectivity index (χ4v) is 3.32. The van der Waals surface area contributed by atoms with Gasteiger partial charge in [0.05, 0.1) is 18.5 Å². The van der Waals surface area contributed by atoms with Gasteiger partial charge in [-0.25, -0.2) is 4.68 Å². The number of fused-ring (bicyclic) bond motifs is 1. The fraction of sp³-hybridized carbons (Fsp3) is 0.130. The number of carbonyl (C=O) groups is 1.